The van der Waals surface area contributed by atoms with Gasteiger partial charge in [-0.15, -0.1) is 0 Å². The highest BCUT2D eigenvalue weighted by Crippen LogP contribution is 2.18. The van der Waals surface area contributed by atoms with Crippen LogP contribution in [0.3, 0.4) is 0 Å². The van der Waals surface area contributed by atoms with Crippen LogP contribution in [0.2, 0.25) is 0 Å². The molecule has 0 atom stereocenters. The van der Waals surface area contributed by atoms with Gasteiger partial charge in [-0.05, 0) is 42.0 Å². The summed E-state index contributed by atoms with van der Waals surface area (Å²) in [7, 11) is 1.61. The van der Waals surface area contributed by atoms with Gasteiger partial charge in [-0.2, -0.15) is 0 Å². The number of ether oxygens (including phenoxy) is 1. The normalized spacial score (nSPS) is 10.6. The van der Waals surface area contributed by atoms with E-state index in [4.69, 9.17) is 4.74 Å². The number of nitro benzene ring substituents is 1. The van der Waals surface area contributed by atoms with E-state index in [-0.39, 0.29) is 5.69 Å². The lowest BCUT2D eigenvalue weighted by atomic mass is 10.2. The van der Waals surface area contributed by atoms with Crippen molar-refractivity contribution < 1.29 is 9.66 Å². The molecule has 5 heteroatoms. The first-order valence-electron chi connectivity index (χ1n) is 5.61. The quantitative estimate of drug-likeness (QED) is 0.478. The standard InChI is InChI=1S/C14H12N2O3/c1-19-14-8-2-11(3-9-14)10-15-12-4-6-13(7-5-12)16(17)18/h2-10H,1H3. The molecule has 0 aromatic heterocycles. The van der Waals surface area contributed by atoms with Crippen LogP contribution in [0.25, 0.3) is 0 Å². The first kappa shape index (κ1) is 12.8. The Kier molecular flexibility index (Phi) is 3.87. The predicted octanol–water partition coefficient (Wildman–Crippen LogP) is 3.35. The number of rotatable bonds is 4. The SMILES string of the molecule is COc1ccc(C=Nc2ccc([N+](=O)[O-])cc2)cc1. The first-order valence-corrected chi connectivity index (χ1v) is 5.61. The molecule has 5 nitrogen and oxygen atoms in total. The van der Waals surface area contributed by atoms with Gasteiger partial charge in [0.05, 0.1) is 17.7 Å². The molecule has 0 bridgehead atoms. The van der Waals surface area contributed by atoms with Crippen molar-refractivity contribution in [3.8, 4) is 5.75 Å². The third-order valence-corrected chi connectivity index (χ3v) is 2.54. The number of methoxy groups -OCH3 is 1. The van der Waals surface area contributed by atoms with Gasteiger partial charge in [-0.1, -0.05) is 0 Å². The molecule has 96 valence electrons. The molecule has 0 aliphatic carbocycles. The van der Waals surface area contributed by atoms with Gasteiger partial charge in [0.1, 0.15) is 5.75 Å². The Balaban J connectivity index is 2.10. The fourth-order valence-corrected chi connectivity index (χ4v) is 1.50. The zero-order valence-corrected chi connectivity index (χ0v) is 10.3. The number of non-ortho nitro benzene ring substituents is 1. The van der Waals surface area contributed by atoms with E-state index >= 15 is 0 Å². The van der Waals surface area contributed by atoms with Crippen molar-refractivity contribution in [2.75, 3.05) is 7.11 Å². The second-order valence-corrected chi connectivity index (χ2v) is 3.80. The number of benzene rings is 2. The number of hydrogen-bond donors (Lipinski definition) is 0. The lowest BCUT2D eigenvalue weighted by Crippen LogP contribution is -1.86. The highest BCUT2D eigenvalue weighted by molar-refractivity contribution is 5.82. The summed E-state index contributed by atoms with van der Waals surface area (Å²) >= 11 is 0. The Hall–Kier alpha value is -2.69. The summed E-state index contributed by atoms with van der Waals surface area (Å²) in [5.41, 5.74) is 1.66. The van der Waals surface area contributed by atoms with Crippen molar-refractivity contribution in [2.24, 2.45) is 4.99 Å². The van der Waals surface area contributed by atoms with E-state index in [0.29, 0.717) is 5.69 Å². The molecule has 0 N–H and O–H groups in total. The average molecular weight is 256 g/mol. The third kappa shape index (κ3) is 3.38. The largest absolute Gasteiger partial charge is 0.497 e. The summed E-state index contributed by atoms with van der Waals surface area (Å²) in [6, 6.07) is 13.5. The molecule has 0 aliphatic rings. The minimum absolute atomic E-state index is 0.0587. The highest BCUT2D eigenvalue weighted by Gasteiger charge is 2.02. The highest BCUT2D eigenvalue weighted by atomic mass is 16.6. The maximum atomic E-state index is 10.5. The van der Waals surface area contributed by atoms with Crippen LogP contribution >= 0.6 is 0 Å². The zero-order valence-electron chi connectivity index (χ0n) is 10.3. The van der Waals surface area contributed by atoms with Crippen molar-refractivity contribution in [1.82, 2.24) is 0 Å². The third-order valence-electron chi connectivity index (χ3n) is 2.54. The molecule has 2 rings (SSSR count). The first-order chi connectivity index (χ1) is 9.19. The Morgan fingerprint density at radius 2 is 1.74 bits per heavy atom. The van der Waals surface area contributed by atoms with Gasteiger partial charge in [-0.25, -0.2) is 0 Å². The van der Waals surface area contributed by atoms with E-state index in [1.807, 2.05) is 24.3 Å². The molecule has 2 aromatic rings. The van der Waals surface area contributed by atoms with Gasteiger partial charge in [0, 0.05) is 18.3 Å². The molecule has 0 saturated heterocycles. The van der Waals surface area contributed by atoms with Crippen LogP contribution < -0.4 is 4.74 Å². The van der Waals surface area contributed by atoms with Crippen LogP contribution in [0.5, 0.6) is 5.75 Å². The Morgan fingerprint density at radius 1 is 1.11 bits per heavy atom. The summed E-state index contributed by atoms with van der Waals surface area (Å²) in [6.45, 7) is 0. The predicted molar refractivity (Wildman–Crippen MR) is 73.3 cm³/mol. The molecular formula is C14H12N2O3. The molecule has 0 amide bonds. The topological polar surface area (TPSA) is 64.7 Å². The fourth-order valence-electron chi connectivity index (χ4n) is 1.50. The van der Waals surface area contributed by atoms with E-state index in [1.165, 1.54) is 12.1 Å². The van der Waals surface area contributed by atoms with Crippen molar-refractivity contribution >= 4 is 17.6 Å². The van der Waals surface area contributed by atoms with Crippen molar-refractivity contribution in [3.63, 3.8) is 0 Å². The summed E-state index contributed by atoms with van der Waals surface area (Å²) in [6.07, 6.45) is 1.70. The molecule has 0 spiro atoms. The smallest absolute Gasteiger partial charge is 0.269 e. The van der Waals surface area contributed by atoms with Gasteiger partial charge in [0.15, 0.2) is 0 Å². The number of nitro groups is 1. The summed E-state index contributed by atoms with van der Waals surface area (Å²) < 4.78 is 5.06. The lowest BCUT2D eigenvalue weighted by Gasteiger charge is -1.99. The molecule has 2 aromatic carbocycles. The second-order valence-electron chi connectivity index (χ2n) is 3.80. The van der Waals surface area contributed by atoms with E-state index in [0.717, 1.165) is 11.3 Å². The van der Waals surface area contributed by atoms with Crippen LogP contribution in [0, 0.1) is 10.1 Å². The van der Waals surface area contributed by atoms with Crippen LogP contribution in [0.1, 0.15) is 5.56 Å². The van der Waals surface area contributed by atoms with Crippen LogP contribution in [0.4, 0.5) is 11.4 Å². The summed E-state index contributed by atoms with van der Waals surface area (Å²) in [5.74, 6) is 0.785. The molecule has 0 saturated carbocycles. The maximum absolute atomic E-state index is 10.5. The van der Waals surface area contributed by atoms with E-state index in [9.17, 15) is 10.1 Å². The van der Waals surface area contributed by atoms with Gasteiger partial charge in [-0.3, -0.25) is 15.1 Å². The molecule has 0 heterocycles. The molecule has 19 heavy (non-hydrogen) atoms. The molecule has 0 aliphatic heterocycles. The maximum Gasteiger partial charge on any atom is 0.269 e. The molecule has 0 fully saturated rings. The van der Waals surface area contributed by atoms with Gasteiger partial charge < -0.3 is 4.74 Å². The van der Waals surface area contributed by atoms with Crippen LogP contribution in [-0.2, 0) is 0 Å². The van der Waals surface area contributed by atoms with Crippen molar-refractivity contribution in [1.29, 1.82) is 0 Å². The summed E-state index contributed by atoms with van der Waals surface area (Å²) in [5, 5.41) is 10.5. The van der Waals surface area contributed by atoms with Crippen LogP contribution in [0.15, 0.2) is 53.5 Å². The molecular weight excluding hydrogens is 244 g/mol. The van der Waals surface area contributed by atoms with Crippen molar-refractivity contribution in [2.45, 2.75) is 0 Å². The average Bonchev–Trinajstić information content (AvgIpc) is 2.46. The Labute approximate surface area is 110 Å². The van der Waals surface area contributed by atoms with E-state index in [2.05, 4.69) is 4.99 Å². The number of hydrogen-bond acceptors (Lipinski definition) is 4. The van der Waals surface area contributed by atoms with Gasteiger partial charge in [0.25, 0.3) is 5.69 Å². The monoisotopic (exact) mass is 256 g/mol. The Bertz CT molecular complexity index is 589. The van der Waals surface area contributed by atoms with Crippen molar-refractivity contribution in [3.05, 3.63) is 64.2 Å². The number of aliphatic imine (C=N–C) groups is 1. The zero-order chi connectivity index (χ0) is 13.7. The second kappa shape index (κ2) is 5.77. The molecule has 0 radical (unpaired) electrons. The Morgan fingerprint density at radius 3 is 2.26 bits per heavy atom. The minimum atomic E-state index is -0.434. The van der Waals surface area contributed by atoms with Gasteiger partial charge >= 0.3 is 0 Å². The minimum Gasteiger partial charge on any atom is -0.497 e. The van der Waals surface area contributed by atoms with Crippen LogP contribution in [-0.4, -0.2) is 18.2 Å². The fraction of sp³-hybridized carbons (Fsp3) is 0.0714. The lowest BCUT2D eigenvalue weighted by molar-refractivity contribution is -0.384. The van der Waals surface area contributed by atoms with E-state index < -0.39 is 4.92 Å². The summed E-state index contributed by atoms with van der Waals surface area (Å²) in [4.78, 5) is 14.3. The molecule has 0 unspecified atom stereocenters. The van der Waals surface area contributed by atoms with E-state index in [1.54, 1.807) is 25.5 Å². The number of nitrogens with zero attached hydrogens (tertiary/aromatic N) is 2. The van der Waals surface area contributed by atoms with Gasteiger partial charge in [0.2, 0.25) is 0 Å².